The minimum Gasteiger partial charge on any atom is -0.372 e. The molecule has 100 valence electrons. The van der Waals surface area contributed by atoms with E-state index < -0.39 is 11.6 Å². The Morgan fingerprint density at radius 3 is 2.50 bits per heavy atom. The number of rotatable bonds is 2. The summed E-state index contributed by atoms with van der Waals surface area (Å²) in [5, 5.41) is 0. The van der Waals surface area contributed by atoms with Crippen molar-refractivity contribution in [2.45, 2.75) is 26.1 Å². The van der Waals surface area contributed by atoms with Crippen LogP contribution in [0.4, 0.5) is 20.4 Å². The van der Waals surface area contributed by atoms with Crippen molar-refractivity contribution < 1.29 is 13.5 Å². The largest absolute Gasteiger partial charge is 0.372 e. The third-order valence-electron chi connectivity index (χ3n) is 2.77. The molecule has 7 heteroatoms. The van der Waals surface area contributed by atoms with Gasteiger partial charge in [0.1, 0.15) is 0 Å². The van der Waals surface area contributed by atoms with Gasteiger partial charge >= 0.3 is 0 Å². The Kier molecular flexibility index (Phi) is 3.63. The number of hydrogen-bond acceptors (Lipinski definition) is 5. The SMILES string of the molecule is C[C@@H]1CN(c2nc(NN)c(F)cc2F)C[C@H](C)O1. The lowest BCUT2D eigenvalue weighted by atomic mass is 10.2. The molecule has 0 unspecified atom stereocenters. The van der Waals surface area contributed by atoms with Crippen LogP contribution in [0.1, 0.15) is 13.8 Å². The maximum absolute atomic E-state index is 13.8. The minimum absolute atomic E-state index is 0.0331. The van der Waals surface area contributed by atoms with Crippen LogP contribution in [0.5, 0.6) is 0 Å². The van der Waals surface area contributed by atoms with Gasteiger partial charge in [-0.1, -0.05) is 0 Å². The molecule has 0 amide bonds. The minimum atomic E-state index is -0.812. The summed E-state index contributed by atoms with van der Waals surface area (Å²) >= 11 is 0. The number of pyridine rings is 1. The molecule has 2 rings (SSSR count). The number of morpholine rings is 1. The molecule has 1 saturated heterocycles. The molecule has 2 atom stereocenters. The first-order valence-electron chi connectivity index (χ1n) is 5.74. The smallest absolute Gasteiger partial charge is 0.178 e. The average molecular weight is 258 g/mol. The Labute approximate surface area is 104 Å². The zero-order chi connectivity index (χ0) is 13.3. The van der Waals surface area contributed by atoms with E-state index >= 15 is 0 Å². The van der Waals surface area contributed by atoms with Gasteiger partial charge in [-0.05, 0) is 13.8 Å². The molecule has 1 aromatic rings. The Bertz CT molecular complexity index is 433. The van der Waals surface area contributed by atoms with Gasteiger partial charge in [0.2, 0.25) is 0 Å². The van der Waals surface area contributed by atoms with Crippen molar-refractivity contribution in [3.05, 3.63) is 17.7 Å². The van der Waals surface area contributed by atoms with Gasteiger partial charge in [0, 0.05) is 19.2 Å². The van der Waals surface area contributed by atoms with E-state index in [4.69, 9.17) is 10.6 Å². The predicted octanol–water partition coefficient (Wildman–Crippen LogP) is 1.26. The number of hydrogen-bond donors (Lipinski definition) is 2. The van der Waals surface area contributed by atoms with Crippen LogP contribution in [0.25, 0.3) is 0 Å². The predicted molar refractivity (Wildman–Crippen MR) is 64.2 cm³/mol. The molecular weight excluding hydrogens is 242 g/mol. The van der Waals surface area contributed by atoms with Gasteiger partial charge in [0.15, 0.2) is 23.3 Å². The quantitative estimate of drug-likeness (QED) is 0.617. The van der Waals surface area contributed by atoms with Crippen molar-refractivity contribution in [1.82, 2.24) is 4.98 Å². The number of nitrogens with two attached hydrogens (primary N) is 1. The molecule has 1 aliphatic heterocycles. The van der Waals surface area contributed by atoms with E-state index in [1.54, 1.807) is 4.90 Å². The standard InChI is InChI=1S/C11H16F2N4O/c1-6-4-17(5-7(2)18-6)11-9(13)3-8(12)10(15-11)16-14/h3,6-7H,4-5,14H2,1-2H3,(H,15,16)/t6-,7+. The second kappa shape index (κ2) is 5.03. The fourth-order valence-corrected chi connectivity index (χ4v) is 2.13. The fourth-order valence-electron chi connectivity index (χ4n) is 2.13. The van der Waals surface area contributed by atoms with E-state index in [0.29, 0.717) is 13.1 Å². The van der Waals surface area contributed by atoms with Gasteiger partial charge in [-0.2, -0.15) is 0 Å². The summed E-state index contributed by atoms with van der Waals surface area (Å²) in [7, 11) is 0. The molecule has 0 bridgehead atoms. The van der Waals surface area contributed by atoms with Gasteiger partial charge in [-0.15, -0.1) is 0 Å². The average Bonchev–Trinajstić information content (AvgIpc) is 2.27. The van der Waals surface area contributed by atoms with Gasteiger partial charge in [0.25, 0.3) is 0 Å². The van der Waals surface area contributed by atoms with Crippen LogP contribution in [0, 0.1) is 11.6 Å². The molecule has 0 aliphatic carbocycles. The number of anilines is 2. The molecule has 0 radical (unpaired) electrons. The molecule has 1 aromatic heterocycles. The van der Waals surface area contributed by atoms with E-state index in [1.165, 1.54) is 0 Å². The van der Waals surface area contributed by atoms with Crippen molar-refractivity contribution in [3.63, 3.8) is 0 Å². The van der Waals surface area contributed by atoms with E-state index in [0.717, 1.165) is 6.07 Å². The Morgan fingerprint density at radius 2 is 1.94 bits per heavy atom. The van der Waals surface area contributed by atoms with Crippen LogP contribution in [0.3, 0.4) is 0 Å². The summed E-state index contributed by atoms with van der Waals surface area (Å²) in [6.07, 6.45) is -0.0661. The summed E-state index contributed by atoms with van der Waals surface area (Å²) in [6.45, 7) is 4.80. The molecule has 0 saturated carbocycles. The molecule has 1 fully saturated rings. The van der Waals surface area contributed by atoms with E-state index in [-0.39, 0.29) is 23.8 Å². The molecule has 18 heavy (non-hydrogen) atoms. The van der Waals surface area contributed by atoms with Crippen LogP contribution in [0.2, 0.25) is 0 Å². The van der Waals surface area contributed by atoms with Gasteiger partial charge in [0.05, 0.1) is 12.2 Å². The van der Waals surface area contributed by atoms with E-state index in [2.05, 4.69) is 10.4 Å². The Balaban J connectivity index is 2.32. The molecule has 5 nitrogen and oxygen atoms in total. The van der Waals surface area contributed by atoms with Crippen molar-refractivity contribution in [1.29, 1.82) is 0 Å². The maximum atomic E-state index is 13.8. The summed E-state index contributed by atoms with van der Waals surface area (Å²) in [6, 6.07) is 0.780. The zero-order valence-corrected chi connectivity index (χ0v) is 10.3. The summed E-state index contributed by atoms with van der Waals surface area (Å²) in [4.78, 5) is 5.60. The monoisotopic (exact) mass is 258 g/mol. The molecule has 3 N–H and O–H groups in total. The van der Waals surface area contributed by atoms with Gasteiger partial charge < -0.3 is 15.1 Å². The Hall–Kier alpha value is -1.47. The maximum Gasteiger partial charge on any atom is 0.178 e. The Morgan fingerprint density at radius 1 is 1.33 bits per heavy atom. The molecule has 0 aromatic carbocycles. The van der Waals surface area contributed by atoms with Crippen molar-refractivity contribution in [2.24, 2.45) is 5.84 Å². The summed E-state index contributed by atoms with van der Waals surface area (Å²) in [5.41, 5.74) is 2.11. The second-order valence-corrected chi connectivity index (χ2v) is 4.43. The van der Waals surface area contributed by atoms with Crippen LogP contribution in [-0.4, -0.2) is 30.3 Å². The van der Waals surface area contributed by atoms with Crippen LogP contribution in [-0.2, 0) is 4.74 Å². The topological polar surface area (TPSA) is 63.4 Å². The van der Waals surface area contributed by atoms with Crippen molar-refractivity contribution in [2.75, 3.05) is 23.4 Å². The van der Waals surface area contributed by atoms with Crippen molar-refractivity contribution >= 4 is 11.6 Å². The lowest BCUT2D eigenvalue weighted by Crippen LogP contribution is -2.46. The molecular formula is C11H16F2N4O. The number of halogens is 2. The normalized spacial score (nSPS) is 24.2. The highest BCUT2D eigenvalue weighted by molar-refractivity contribution is 5.49. The lowest BCUT2D eigenvalue weighted by Gasteiger charge is -2.36. The fraction of sp³-hybridized carbons (Fsp3) is 0.545. The van der Waals surface area contributed by atoms with Gasteiger partial charge in [-0.25, -0.2) is 19.6 Å². The highest BCUT2D eigenvalue weighted by Gasteiger charge is 2.26. The number of hydrazine groups is 1. The number of ether oxygens (including phenoxy) is 1. The summed E-state index contributed by atoms with van der Waals surface area (Å²) < 4.78 is 32.6. The third kappa shape index (κ3) is 2.51. The lowest BCUT2D eigenvalue weighted by molar-refractivity contribution is -0.00564. The summed E-state index contributed by atoms with van der Waals surface area (Å²) in [5.74, 6) is 3.54. The number of nitrogens with zero attached hydrogens (tertiary/aromatic N) is 2. The highest BCUT2D eigenvalue weighted by atomic mass is 19.1. The number of aromatic nitrogens is 1. The molecule has 0 spiro atoms. The number of nitrogens with one attached hydrogen (secondary N) is 1. The first kappa shape index (κ1) is 13.0. The van der Waals surface area contributed by atoms with Crippen LogP contribution >= 0.6 is 0 Å². The third-order valence-corrected chi connectivity index (χ3v) is 2.77. The highest BCUT2D eigenvalue weighted by Crippen LogP contribution is 2.24. The first-order valence-corrected chi connectivity index (χ1v) is 5.74. The zero-order valence-electron chi connectivity index (χ0n) is 10.3. The van der Waals surface area contributed by atoms with E-state index in [9.17, 15) is 8.78 Å². The molecule has 2 heterocycles. The number of nitrogen functional groups attached to an aromatic ring is 1. The van der Waals surface area contributed by atoms with Gasteiger partial charge in [-0.3, -0.25) is 0 Å². The van der Waals surface area contributed by atoms with E-state index in [1.807, 2.05) is 13.8 Å². The van der Waals surface area contributed by atoms with Crippen LogP contribution < -0.4 is 16.2 Å². The first-order chi connectivity index (χ1) is 8.51. The van der Waals surface area contributed by atoms with Crippen LogP contribution in [0.15, 0.2) is 6.07 Å². The molecule has 1 aliphatic rings. The van der Waals surface area contributed by atoms with Crippen molar-refractivity contribution in [3.8, 4) is 0 Å². The second-order valence-electron chi connectivity index (χ2n) is 4.43.